The average molecular weight is 265 g/mol. The Balaban J connectivity index is 2.78. The van der Waals surface area contributed by atoms with Crippen LogP contribution in [0.1, 0.15) is 25.8 Å². The maximum absolute atomic E-state index is 11.7. The number of nitro benzene ring substituents is 1. The lowest BCUT2D eigenvalue weighted by Gasteiger charge is -2.16. The molecule has 1 aromatic rings. The van der Waals surface area contributed by atoms with E-state index < -0.39 is 11.0 Å². The van der Waals surface area contributed by atoms with Crippen molar-refractivity contribution in [3.8, 4) is 0 Å². The van der Waals surface area contributed by atoms with Gasteiger partial charge in [0.2, 0.25) is 5.91 Å². The number of carbonyl (C=O) groups excluding carboxylic acids is 1. The maximum Gasteiger partial charge on any atom is 0.271 e. The van der Waals surface area contributed by atoms with Crippen molar-refractivity contribution in [3.05, 3.63) is 33.9 Å². The molecule has 0 radical (unpaired) electrons. The van der Waals surface area contributed by atoms with Crippen LogP contribution >= 0.6 is 0 Å². The highest BCUT2D eigenvalue weighted by Gasteiger charge is 2.15. The molecule has 1 unspecified atom stereocenters. The summed E-state index contributed by atoms with van der Waals surface area (Å²) in [6, 6.07) is 4.12. The number of nitrogens with zero attached hydrogens (tertiary/aromatic N) is 1. The average Bonchev–Trinajstić information content (AvgIpc) is 2.38. The van der Waals surface area contributed by atoms with Gasteiger partial charge >= 0.3 is 0 Å². The van der Waals surface area contributed by atoms with E-state index in [-0.39, 0.29) is 11.6 Å². The Morgan fingerprint density at radius 3 is 2.74 bits per heavy atom. The van der Waals surface area contributed by atoms with Gasteiger partial charge in [0.1, 0.15) is 6.04 Å². The Bertz CT molecular complexity index is 474. The largest absolute Gasteiger partial charge is 0.373 e. The standard InChI is InChI=1S/C13H19N3O3/c1-4-7-14-13(17)10(3)15-12-8-11(16(18)19)6-5-9(12)2/h5-6,8,10,15H,4,7H2,1-3H3,(H,14,17). The highest BCUT2D eigenvalue weighted by Crippen LogP contribution is 2.22. The second-order valence-electron chi connectivity index (χ2n) is 4.41. The van der Waals surface area contributed by atoms with Crippen molar-refractivity contribution in [2.45, 2.75) is 33.2 Å². The van der Waals surface area contributed by atoms with Crippen LogP contribution in [0.5, 0.6) is 0 Å². The van der Waals surface area contributed by atoms with Crippen LogP contribution < -0.4 is 10.6 Å². The first-order chi connectivity index (χ1) is 8.95. The molecule has 6 heteroatoms. The van der Waals surface area contributed by atoms with Gasteiger partial charge in [-0.2, -0.15) is 0 Å². The predicted octanol–water partition coefficient (Wildman–Crippen LogP) is 2.23. The molecule has 0 aliphatic carbocycles. The third-order valence-corrected chi connectivity index (χ3v) is 2.75. The number of hydrogen-bond acceptors (Lipinski definition) is 4. The molecule has 0 heterocycles. The van der Waals surface area contributed by atoms with E-state index in [0.29, 0.717) is 12.2 Å². The van der Waals surface area contributed by atoms with Crippen molar-refractivity contribution in [1.29, 1.82) is 0 Å². The van der Waals surface area contributed by atoms with Crippen molar-refractivity contribution in [2.75, 3.05) is 11.9 Å². The zero-order valence-corrected chi connectivity index (χ0v) is 11.4. The molecule has 1 aromatic carbocycles. The smallest absolute Gasteiger partial charge is 0.271 e. The fraction of sp³-hybridized carbons (Fsp3) is 0.462. The van der Waals surface area contributed by atoms with Crippen LogP contribution in [0.15, 0.2) is 18.2 Å². The van der Waals surface area contributed by atoms with Gasteiger partial charge in [-0.25, -0.2) is 0 Å². The number of anilines is 1. The summed E-state index contributed by atoms with van der Waals surface area (Å²) in [6.07, 6.45) is 0.869. The van der Waals surface area contributed by atoms with Crippen molar-refractivity contribution in [2.24, 2.45) is 0 Å². The molecule has 6 nitrogen and oxygen atoms in total. The molecule has 19 heavy (non-hydrogen) atoms. The van der Waals surface area contributed by atoms with Gasteiger partial charge in [0.05, 0.1) is 4.92 Å². The van der Waals surface area contributed by atoms with Gasteiger partial charge in [-0.05, 0) is 25.8 Å². The van der Waals surface area contributed by atoms with Crippen molar-refractivity contribution >= 4 is 17.3 Å². The number of hydrogen-bond donors (Lipinski definition) is 2. The van der Waals surface area contributed by atoms with Gasteiger partial charge in [0, 0.05) is 24.4 Å². The lowest BCUT2D eigenvalue weighted by Crippen LogP contribution is -2.38. The number of non-ortho nitro benzene ring substituents is 1. The van der Waals surface area contributed by atoms with Gasteiger partial charge in [-0.1, -0.05) is 13.0 Å². The summed E-state index contributed by atoms with van der Waals surface area (Å²) >= 11 is 0. The Hall–Kier alpha value is -2.11. The Morgan fingerprint density at radius 2 is 2.16 bits per heavy atom. The Kier molecular flexibility index (Phi) is 5.29. The van der Waals surface area contributed by atoms with Crippen LogP contribution in [-0.4, -0.2) is 23.4 Å². The molecule has 1 amide bonds. The zero-order valence-electron chi connectivity index (χ0n) is 11.4. The minimum atomic E-state index is -0.452. The Morgan fingerprint density at radius 1 is 1.47 bits per heavy atom. The van der Waals surface area contributed by atoms with Crippen molar-refractivity contribution < 1.29 is 9.72 Å². The topological polar surface area (TPSA) is 84.3 Å². The second-order valence-corrected chi connectivity index (χ2v) is 4.41. The van der Waals surface area contributed by atoms with Crippen LogP contribution in [0.4, 0.5) is 11.4 Å². The van der Waals surface area contributed by atoms with Crippen LogP contribution in [0.2, 0.25) is 0 Å². The highest BCUT2D eigenvalue weighted by molar-refractivity contribution is 5.84. The quantitative estimate of drug-likeness (QED) is 0.610. The summed E-state index contributed by atoms with van der Waals surface area (Å²) in [5.74, 6) is -0.118. The monoisotopic (exact) mass is 265 g/mol. The highest BCUT2D eigenvalue weighted by atomic mass is 16.6. The lowest BCUT2D eigenvalue weighted by atomic mass is 10.1. The first kappa shape index (κ1) is 14.9. The van der Waals surface area contributed by atoms with Crippen LogP contribution in [0.25, 0.3) is 0 Å². The number of rotatable bonds is 6. The van der Waals surface area contributed by atoms with Crippen molar-refractivity contribution in [1.82, 2.24) is 5.32 Å². The fourth-order valence-electron chi connectivity index (χ4n) is 1.58. The minimum absolute atomic E-state index is 0.00858. The summed E-state index contributed by atoms with van der Waals surface area (Å²) in [7, 11) is 0. The molecule has 0 aliphatic rings. The Labute approximate surface area is 112 Å². The van der Waals surface area contributed by atoms with E-state index in [1.165, 1.54) is 12.1 Å². The molecule has 2 N–H and O–H groups in total. The molecule has 1 atom stereocenters. The summed E-state index contributed by atoms with van der Waals surface area (Å²) in [5, 5.41) is 16.5. The van der Waals surface area contributed by atoms with E-state index in [1.54, 1.807) is 13.0 Å². The molecule has 0 spiro atoms. The van der Waals surface area contributed by atoms with Crippen LogP contribution in [0, 0.1) is 17.0 Å². The van der Waals surface area contributed by atoms with Crippen LogP contribution in [-0.2, 0) is 4.79 Å². The summed E-state index contributed by atoms with van der Waals surface area (Å²) in [4.78, 5) is 22.0. The number of aryl methyl sites for hydroxylation is 1. The van der Waals surface area contributed by atoms with Crippen molar-refractivity contribution in [3.63, 3.8) is 0 Å². The molecule has 0 aliphatic heterocycles. The van der Waals surface area contributed by atoms with E-state index >= 15 is 0 Å². The summed E-state index contributed by atoms with van der Waals surface area (Å²) in [6.45, 7) is 6.16. The summed E-state index contributed by atoms with van der Waals surface area (Å²) < 4.78 is 0. The maximum atomic E-state index is 11.7. The van der Waals surface area contributed by atoms with Gasteiger partial charge in [0.25, 0.3) is 5.69 Å². The van der Waals surface area contributed by atoms with Crippen LogP contribution in [0.3, 0.4) is 0 Å². The molecular weight excluding hydrogens is 246 g/mol. The molecule has 0 aromatic heterocycles. The molecule has 104 valence electrons. The molecule has 1 rings (SSSR count). The fourth-order valence-corrected chi connectivity index (χ4v) is 1.58. The molecule has 0 saturated heterocycles. The predicted molar refractivity (Wildman–Crippen MR) is 74.2 cm³/mol. The number of nitrogens with one attached hydrogen (secondary N) is 2. The minimum Gasteiger partial charge on any atom is -0.373 e. The van der Waals surface area contributed by atoms with E-state index in [1.807, 2.05) is 13.8 Å². The SMILES string of the molecule is CCCNC(=O)C(C)Nc1cc([N+](=O)[O-])ccc1C. The van der Waals surface area contributed by atoms with Gasteiger partial charge in [-0.15, -0.1) is 0 Å². The number of benzene rings is 1. The third-order valence-electron chi connectivity index (χ3n) is 2.75. The van der Waals surface area contributed by atoms with Gasteiger partial charge < -0.3 is 10.6 Å². The van der Waals surface area contributed by atoms with E-state index in [2.05, 4.69) is 10.6 Å². The normalized spacial score (nSPS) is 11.7. The van der Waals surface area contributed by atoms with E-state index in [0.717, 1.165) is 12.0 Å². The van der Waals surface area contributed by atoms with Gasteiger partial charge in [0.15, 0.2) is 0 Å². The van der Waals surface area contributed by atoms with Gasteiger partial charge in [-0.3, -0.25) is 14.9 Å². The summed E-state index contributed by atoms with van der Waals surface area (Å²) in [5.41, 5.74) is 1.48. The number of amides is 1. The third kappa shape index (κ3) is 4.24. The molecular formula is C13H19N3O3. The molecule has 0 bridgehead atoms. The first-order valence-corrected chi connectivity index (χ1v) is 6.25. The number of nitro groups is 1. The molecule has 0 fully saturated rings. The molecule has 0 saturated carbocycles. The van der Waals surface area contributed by atoms with E-state index in [4.69, 9.17) is 0 Å². The lowest BCUT2D eigenvalue weighted by molar-refractivity contribution is -0.384. The second kappa shape index (κ2) is 6.72. The van der Waals surface area contributed by atoms with E-state index in [9.17, 15) is 14.9 Å². The number of carbonyl (C=O) groups is 1. The zero-order chi connectivity index (χ0) is 14.4. The first-order valence-electron chi connectivity index (χ1n) is 6.25.